The van der Waals surface area contributed by atoms with Gasteiger partial charge in [-0.05, 0) is 68.0 Å². The van der Waals surface area contributed by atoms with Crippen molar-refractivity contribution in [3.63, 3.8) is 0 Å². The van der Waals surface area contributed by atoms with Crippen LogP contribution in [0.2, 0.25) is 0 Å². The first-order valence-corrected chi connectivity index (χ1v) is 13.7. The lowest BCUT2D eigenvalue weighted by atomic mass is 9.87. The molecular weight excluding hydrogens is 509 g/mol. The summed E-state index contributed by atoms with van der Waals surface area (Å²) in [5.41, 5.74) is 6.54. The average Bonchev–Trinajstić information content (AvgIpc) is 2.87. The normalized spacial score (nSPS) is 16.0. The number of nitrogens with zero attached hydrogens (tertiary/aromatic N) is 2. The fourth-order valence-corrected chi connectivity index (χ4v) is 5.83. The van der Waals surface area contributed by atoms with Gasteiger partial charge in [-0.2, -0.15) is 4.31 Å². The van der Waals surface area contributed by atoms with E-state index in [4.69, 9.17) is 15.2 Å². The van der Waals surface area contributed by atoms with Gasteiger partial charge in [0.2, 0.25) is 10.0 Å². The van der Waals surface area contributed by atoms with Gasteiger partial charge in [0, 0.05) is 6.54 Å². The van der Waals surface area contributed by atoms with Crippen LogP contribution in [0.1, 0.15) is 11.1 Å². The molecule has 1 atom stereocenters. The smallest absolute Gasteiger partial charge is 0.323 e. The molecule has 8 nitrogen and oxygen atoms in total. The third-order valence-electron chi connectivity index (χ3n) is 6.37. The van der Waals surface area contributed by atoms with Gasteiger partial charge >= 0.3 is 5.97 Å². The van der Waals surface area contributed by atoms with Crippen molar-refractivity contribution in [2.24, 2.45) is 5.73 Å². The molecule has 2 N–H and O–H groups in total. The number of carbonyl (C=O) groups excluding carboxylic acids is 1. The fraction of sp³-hybridized carbons (Fsp3) is 0.321. The van der Waals surface area contributed by atoms with Gasteiger partial charge in [0.25, 0.3) is 0 Å². The highest BCUT2D eigenvalue weighted by atomic mass is 32.2. The number of nitrogens with two attached hydrogens (primary N) is 1. The molecule has 10 heteroatoms. The first-order chi connectivity index (χ1) is 18.1. The minimum atomic E-state index is -3.85. The van der Waals surface area contributed by atoms with Gasteiger partial charge in [-0.25, -0.2) is 12.8 Å². The molecule has 0 saturated carbocycles. The maximum atomic E-state index is 13.5. The molecular formula is C28H32FN3O5S. The first kappa shape index (κ1) is 27.7. The predicted molar refractivity (Wildman–Crippen MR) is 142 cm³/mol. The Morgan fingerprint density at radius 3 is 2.39 bits per heavy atom. The molecule has 0 amide bonds. The number of esters is 1. The van der Waals surface area contributed by atoms with Crippen molar-refractivity contribution in [3.8, 4) is 5.75 Å². The summed E-state index contributed by atoms with van der Waals surface area (Å²) in [5, 5.41) is 0. The van der Waals surface area contributed by atoms with Gasteiger partial charge in [-0.3, -0.25) is 4.79 Å². The highest BCUT2D eigenvalue weighted by Crippen LogP contribution is 2.40. The van der Waals surface area contributed by atoms with E-state index in [1.165, 1.54) is 40.7 Å². The standard InChI is InChI=1S/C28H32FN3O5S/c1-31(2)15-16-36-27(33)26(30)18-21-7-6-10-25(17-21)38(34,35)32-19-28(20-32,22-8-4-3-5-9-22)37-24-13-11-23(29)12-14-24/h3-14,17,26H,15-16,18-20,30H2,1-2H3/t26-/m0/s1. The summed E-state index contributed by atoms with van der Waals surface area (Å²) in [4.78, 5) is 14.2. The van der Waals surface area contributed by atoms with Crippen LogP contribution in [0, 0.1) is 5.82 Å². The average molecular weight is 542 g/mol. The van der Waals surface area contributed by atoms with Gasteiger partial charge in [0.15, 0.2) is 5.60 Å². The number of carbonyl (C=O) groups is 1. The Morgan fingerprint density at radius 2 is 1.74 bits per heavy atom. The Labute approximate surface area is 222 Å². The number of hydrogen-bond donors (Lipinski definition) is 1. The van der Waals surface area contributed by atoms with Crippen molar-refractivity contribution in [1.82, 2.24) is 9.21 Å². The summed E-state index contributed by atoms with van der Waals surface area (Å²) < 4.78 is 53.2. The predicted octanol–water partition coefficient (Wildman–Crippen LogP) is 2.78. The van der Waals surface area contributed by atoms with Gasteiger partial charge < -0.3 is 20.1 Å². The maximum Gasteiger partial charge on any atom is 0.323 e. The largest absolute Gasteiger partial charge is 0.480 e. The molecule has 0 bridgehead atoms. The SMILES string of the molecule is CN(C)CCOC(=O)[C@@H](N)Cc1cccc(S(=O)(=O)N2CC(Oc3ccc(F)cc3)(c3ccccc3)C2)c1. The second-order valence-corrected chi connectivity index (χ2v) is 11.6. The van der Waals surface area contributed by atoms with E-state index in [0.717, 1.165) is 5.56 Å². The molecule has 0 aromatic heterocycles. The quantitative estimate of drug-likeness (QED) is 0.373. The van der Waals surface area contributed by atoms with E-state index in [1.54, 1.807) is 12.1 Å². The molecule has 1 aliphatic rings. The Morgan fingerprint density at radius 1 is 1.05 bits per heavy atom. The number of ether oxygens (including phenoxy) is 2. The van der Waals surface area contributed by atoms with E-state index in [9.17, 15) is 17.6 Å². The molecule has 1 heterocycles. The monoisotopic (exact) mass is 541 g/mol. The summed E-state index contributed by atoms with van der Waals surface area (Å²) >= 11 is 0. The second kappa shape index (κ2) is 11.6. The van der Waals surface area contributed by atoms with E-state index < -0.39 is 27.6 Å². The van der Waals surface area contributed by atoms with Crippen LogP contribution in [0.25, 0.3) is 0 Å². The Balaban J connectivity index is 1.47. The van der Waals surface area contributed by atoms with E-state index in [0.29, 0.717) is 17.9 Å². The molecule has 202 valence electrons. The highest BCUT2D eigenvalue weighted by molar-refractivity contribution is 7.89. The van der Waals surface area contributed by atoms with Crippen LogP contribution in [0.4, 0.5) is 4.39 Å². The van der Waals surface area contributed by atoms with Crippen LogP contribution in [-0.4, -0.2) is 70.0 Å². The first-order valence-electron chi connectivity index (χ1n) is 12.3. The maximum absolute atomic E-state index is 13.5. The summed E-state index contributed by atoms with van der Waals surface area (Å²) in [6.45, 7) is 0.973. The Hall–Kier alpha value is -3.31. The van der Waals surface area contributed by atoms with Gasteiger partial charge in [0.05, 0.1) is 18.0 Å². The van der Waals surface area contributed by atoms with Crippen molar-refractivity contribution in [3.05, 3.63) is 95.8 Å². The van der Waals surface area contributed by atoms with E-state index in [-0.39, 0.29) is 36.8 Å². The van der Waals surface area contributed by atoms with Crippen LogP contribution in [0.15, 0.2) is 83.8 Å². The topological polar surface area (TPSA) is 102 Å². The van der Waals surface area contributed by atoms with Gasteiger partial charge in [-0.1, -0.05) is 42.5 Å². The minimum absolute atomic E-state index is 0.0820. The third kappa shape index (κ3) is 6.39. The van der Waals surface area contributed by atoms with E-state index >= 15 is 0 Å². The molecule has 0 spiro atoms. The van der Waals surface area contributed by atoms with E-state index in [2.05, 4.69) is 0 Å². The number of hydrogen-bond acceptors (Lipinski definition) is 7. The summed E-state index contributed by atoms with van der Waals surface area (Å²) in [6.07, 6.45) is 0.145. The fourth-order valence-electron chi connectivity index (χ4n) is 4.22. The molecule has 1 saturated heterocycles. The third-order valence-corrected chi connectivity index (χ3v) is 8.16. The lowest BCUT2D eigenvalue weighted by molar-refractivity contribution is -0.145. The number of rotatable bonds is 11. The van der Waals surface area contributed by atoms with Crippen molar-refractivity contribution in [2.75, 3.05) is 40.3 Å². The molecule has 3 aromatic carbocycles. The van der Waals surface area contributed by atoms with Crippen LogP contribution in [-0.2, 0) is 31.6 Å². The Kier molecular flexibility index (Phi) is 8.47. The van der Waals surface area contributed by atoms with Crippen molar-refractivity contribution < 1.29 is 27.1 Å². The summed E-state index contributed by atoms with van der Waals surface area (Å²) in [7, 11) is -0.108. The van der Waals surface area contributed by atoms with Crippen molar-refractivity contribution in [1.29, 1.82) is 0 Å². The molecule has 0 unspecified atom stereocenters. The lowest BCUT2D eigenvalue weighted by Gasteiger charge is -2.48. The molecule has 4 rings (SSSR count). The molecule has 3 aromatic rings. The Bertz CT molecular complexity index is 1340. The molecule has 38 heavy (non-hydrogen) atoms. The number of sulfonamides is 1. The van der Waals surface area contributed by atoms with Crippen molar-refractivity contribution in [2.45, 2.75) is 23.0 Å². The van der Waals surface area contributed by atoms with E-state index in [1.807, 2.05) is 49.3 Å². The van der Waals surface area contributed by atoms with Crippen LogP contribution in [0.5, 0.6) is 5.75 Å². The molecule has 1 aliphatic heterocycles. The zero-order valence-corrected chi connectivity index (χ0v) is 22.2. The highest BCUT2D eigenvalue weighted by Gasteiger charge is 2.52. The number of likely N-dealkylation sites (N-methyl/N-ethyl adjacent to an activating group) is 1. The van der Waals surface area contributed by atoms with Gasteiger partial charge in [0.1, 0.15) is 24.2 Å². The van der Waals surface area contributed by atoms with Crippen molar-refractivity contribution >= 4 is 16.0 Å². The summed E-state index contributed by atoms with van der Waals surface area (Å²) in [5.74, 6) is -0.473. The number of halogens is 1. The van der Waals surface area contributed by atoms with Gasteiger partial charge in [-0.15, -0.1) is 0 Å². The zero-order chi connectivity index (χ0) is 27.3. The van der Waals surface area contributed by atoms with Crippen LogP contribution < -0.4 is 10.5 Å². The van der Waals surface area contributed by atoms with Crippen LogP contribution >= 0.6 is 0 Å². The zero-order valence-electron chi connectivity index (χ0n) is 21.4. The molecule has 0 aliphatic carbocycles. The second-order valence-electron chi connectivity index (χ2n) is 9.62. The summed E-state index contributed by atoms with van der Waals surface area (Å²) in [6, 6.07) is 20.5. The minimum Gasteiger partial charge on any atom is -0.480 e. The molecule has 0 radical (unpaired) electrons. The lowest BCUT2D eigenvalue weighted by Crippen LogP contribution is -2.64. The molecule has 1 fully saturated rings. The number of benzene rings is 3. The van der Waals surface area contributed by atoms with Crippen LogP contribution in [0.3, 0.4) is 0 Å².